The summed E-state index contributed by atoms with van der Waals surface area (Å²) in [4.78, 5) is 13.1. The molecule has 0 bridgehead atoms. The molecule has 1 aromatic rings. The molecule has 20 heavy (non-hydrogen) atoms. The number of carbonyl (C=O) groups excluding carboxylic acids is 1. The van der Waals surface area contributed by atoms with Gasteiger partial charge in [-0.3, -0.25) is 0 Å². The summed E-state index contributed by atoms with van der Waals surface area (Å²) in [6.07, 6.45) is -0.425. The zero-order valence-electron chi connectivity index (χ0n) is 12.7. The highest BCUT2D eigenvalue weighted by molar-refractivity contribution is 5.67. The third kappa shape index (κ3) is 5.47. The van der Waals surface area contributed by atoms with Crippen LogP contribution in [0.1, 0.15) is 26.3 Å². The van der Waals surface area contributed by atoms with Crippen LogP contribution in [-0.4, -0.2) is 36.8 Å². The zero-order valence-corrected chi connectivity index (χ0v) is 12.7. The molecule has 0 unspecified atom stereocenters. The van der Waals surface area contributed by atoms with Crippen LogP contribution in [0.5, 0.6) is 5.75 Å². The van der Waals surface area contributed by atoms with Crippen LogP contribution in [0, 0.1) is 12.7 Å². The van der Waals surface area contributed by atoms with Crippen molar-refractivity contribution in [2.24, 2.45) is 0 Å². The lowest BCUT2D eigenvalue weighted by Gasteiger charge is -2.24. The third-order valence-corrected chi connectivity index (χ3v) is 2.48. The molecule has 0 aliphatic heterocycles. The largest absolute Gasteiger partial charge is 0.489 e. The van der Waals surface area contributed by atoms with Gasteiger partial charge >= 0.3 is 6.09 Å². The lowest BCUT2D eigenvalue weighted by Crippen LogP contribution is -2.36. The van der Waals surface area contributed by atoms with Gasteiger partial charge in [-0.2, -0.15) is 0 Å². The minimum Gasteiger partial charge on any atom is -0.489 e. The number of ether oxygens (including phenoxy) is 2. The maximum Gasteiger partial charge on any atom is 0.410 e. The molecule has 0 fully saturated rings. The Morgan fingerprint density at radius 2 is 2.00 bits per heavy atom. The Balaban J connectivity index is 2.42. The van der Waals surface area contributed by atoms with Gasteiger partial charge in [-0.25, -0.2) is 9.18 Å². The number of halogens is 1. The van der Waals surface area contributed by atoms with Crippen LogP contribution >= 0.6 is 0 Å². The summed E-state index contributed by atoms with van der Waals surface area (Å²) < 4.78 is 24.0. The molecule has 1 amide bonds. The molecule has 0 saturated carbocycles. The first-order valence-corrected chi connectivity index (χ1v) is 6.52. The van der Waals surface area contributed by atoms with Crippen molar-refractivity contribution in [3.8, 4) is 5.75 Å². The molecule has 0 radical (unpaired) electrons. The average Bonchev–Trinajstić information content (AvgIpc) is 2.29. The van der Waals surface area contributed by atoms with Crippen molar-refractivity contribution in [2.75, 3.05) is 20.2 Å². The van der Waals surface area contributed by atoms with Crippen molar-refractivity contribution in [1.29, 1.82) is 0 Å². The fraction of sp³-hybridized carbons (Fsp3) is 0.533. The average molecular weight is 283 g/mol. The van der Waals surface area contributed by atoms with Crippen LogP contribution in [0.3, 0.4) is 0 Å². The molecule has 1 rings (SSSR count). The number of amides is 1. The summed E-state index contributed by atoms with van der Waals surface area (Å²) in [6, 6.07) is 4.76. The SMILES string of the molecule is Cc1ccc(OCCN(C)C(=O)OC(C)(C)C)c(F)c1. The van der Waals surface area contributed by atoms with Crippen molar-refractivity contribution < 1.29 is 18.7 Å². The Morgan fingerprint density at radius 3 is 2.55 bits per heavy atom. The van der Waals surface area contributed by atoms with Gasteiger partial charge in [-0.1, -0.05) is 6.07 Å². The first-order valence-electron chi connectivity index (χ1n) is 6.52. The number of hydrogen-bond donors (Lipinski definition) is 0. The minimum absolute atomic E-state index is 0.188. The summed E-state index contributed by atoms with van der Waals surface area (Å²) in [7, 11) is 1.61. The predicted molar refractivity (Wildman–Crippen MR) is 75.5 cm³/mol. The number of aryl methyl sites for hydroxylation is 1. The standard InChI is InChI=1S/C15H22FNO3/c1-11-6-7-13(12(16)10-11)19-9-8-17(5)14(18)20-15(2,3)4/h6-7,10H,8-9H2,1-5H3. The molecule has 5 heteroatoms. The second-order valence-electron chi connectivity index (χ2n) is 5.68. The van der Waals surface area contributed by atoms with Crippen LogP contribution in [0.4, 0.5) is 9.18 Å². The smallest absolute Gasteiger partial charge is 0.410 e. The fourth-order valence-electron chi connectivity index (χ4n) is 1.45. The van der Waals surface area contributed by atoms with Crippen LogP contribution < -0.4 is 4.74 Å². The minimum atomic E-state index is -0.532. The molecule has 4 nitrogen and oxygen atoms in total. The highest BCUT2D eigenvalue weighted by Crippen LogP contribution is 2.17. The van der Waals surface area contributed by atoms with E-state index in [1.165, 1.54) is 11.0 Å². The van der Waals surface area contributed by atoms with E-state index in [1.807, 2.05) is 6.92 Å². The van der Waals surface area contributed by atoms with Crippen molar-refractivity contribution in [3.05, 3.63) is 29.6 Å². The van der Waals surface area contributed by atoms with E-state index in [-0.39, 0.29) is 12.4 Å². The maximum absolute atomic E-state index is 13.5. The van der Waals surface area contributed by atoms with E-state index in [0.717, 1.165) is 5.56 Å². The maximum atomic E-state index is 13.5. The van der Waals surface area contributed by atoms with Crippen LogP contribution in [0.2, 0.25) is 0 Å². The number of benzene rings is 1. The molecule has 0 aromatic heterocycles. The van der Waals surface area contributed by atoms with Gasteiger partial charge in [-0.15, -0.1) is 0 Å². The molecular weight excluding hydrogens is 261 g/mol. The monoisotopic (exact) mass is 283 g/mol. The fourth-order valence-corrected chi connectivity index (χ4v) is 1.45. The van der Waals surface area contributed by atoms with Gasteiger partial charge in [0.1, 0.15) is 12.2 Å². The summed E-state index contributed by atoms with van der Waals surface area (Å²) in [5.41, 5.74) is 0.302. The van der Waals surface area contributed by atoms with Crippen molar-refractivity contribution in [2.45, 2.75) is 33.3 Å². The van der Waals surface area contributed by atoms with E-state index in [4.69, 9.17) is 9.47 Å². The van der Waals surface area contributed by atoms with Crippen LogP contribution in [0.15, 0.2) is 18.2 Å². The first kappa shape index (κ1) is 16.3. The molecule has 0 aliphatic rings. The summed E-state index contributed by atoms with van der Waals surface area (Å²) in [6.45, 7) is 7.74. The number of carbonyl (C=O) groups is 1. The quantitative estimate of drug-likeness (QED) is 0.850. The van der Waals surface area contributed by atoms with Gasteiger partial charge in [0.2, 0.25) is 0 Å². The van der Waals surface area contributed by atoms with Gasteiger partial charge in [0, 0.05) is 7.05 Å². The number of rotatable bonds is 4. The van der Waals surface area contributed by atoms with Crippen LogP contribution in [0.25, 0.3) is 0 Å². The van der Waals surface area contributed by atoms with Crippen molar-refractivity contribution >= 4 is 6.09 Å². The van der Waals surface area contributed by atoms with Crippen LogP contribution in [-0.2, 0) is 4.74 Å². The Morgan fingerprint density at radius 1 is 1.35 bits per heavy atom. The molecule has 0 N–H and O–H groups in total. The number of hydrogen-bond acceptors (Lipinski definition) is 3. The van der Waals surface area contributed by atoms with Gasteiger partial charge in [0.25, 0.3) is 0 Å². The summed E-state index contributed by atoms with van der Waals surface area (Å²) in [5.74, 6) is -0.210. The highest BCUT2D eigenvalue weighted by Gasteiger charge is 2.19. The Hall–Kier alpha value is -1.78. The molecule has 0 spiro atoms. The summed E-state index contributed by atoms with van der Waals surface area (Å²) >= 11 is 0. The molecule has 112 valence electrons. The van der Waals surface area contributed by atoms with E-state index in [1.54, 1.807) is 40.0 Å². The predicted octanol–water partition coefficient (Wildman–Crippen LogP) is 3.38. The van der Waals surface area contributed by atoms with Gasteiger partial charge in [0.05, 0.1) is 6.54 Å². The number of nitrogens with zero attached hydrogens (tertiary/aromatic N) is 1. The normalized spacial score (nSPS) is 11.1. The van der Waals surface area contributed by atoms with E-state index < -0.39 is 17.5 Å². The van der Waals surface area contributed by atoms with E-state index in [9.17, 15) is 9.18 Å². The van der Waals surface area contributed by atoms with E-state index in [2.05, 4.69) is 0 Å². The Labute approximate surface area is 119 Å². The molecular formula is C15H22FNO3. The third-order valence-electron chi connectivity index (χ3n) is 2.48. The highest BCUT2D eigenvalue weighted by atomic mass is 19.1. The summed E-state index contributed by atoms with van der Waals surface area (Å²) in [5, 5.41) is 0. The number of likely N-dealkylation sites (N-methyl/N-ethyl adjacent to an activating group) is 1. The van der Waals surface area contributed by atoms with E-state index in [0.29, 0.717) is 6.54 Å². The van der Waals surface area contributed by atoms with Crippen molar-refractivity contribution in [3.63, 3.8) is 0 Å². The first-order chi connectivity index (χ1) is 9.19. The second-order valence-corrected chi connectivity index (χ2v) is 5.68. The molecule has 0 saturated heterocycles. The van der Waals surface area contributed by atoms with Crippen molar-refractivity contribution in [1.82, 2.24) is 4.90 Å². The second kappa shape index (κ2) is 6.59. The molecule has 0 aliphatic carbocycles. The zero-order chi connectivity index (χ0) is 15.3. The Kier molecular flexibility index (Phi) is 5.36. The Bertz CT molecular complexity index is 469. The van der Waals surface area contributed by atoms with Gasteiger partial charge in [0.15, 0.2) is 11.6 Å². The molecule has 0 heterocycles. The molecule has 1 aromatic carbocycles. The lowest BCUT2D eigenvalue weighted by molar-refractivity contribution is 0.0277. The topological polar surface area (TPSA) is 38.8 Å². The van der Waals surface area contributed by atoms with Gasteiger partial charge in [-0.05, 0) is 45.4 Å². The van der Waals surface area contributed by atoms with Gasteiger partial charge < -0.3 is 14.4 Å². The molecule has 0 atom stereocenters. The van der Waals surface area contributed by atoms with E-state index >= 15 is 0 Å². The lowest BCUT2D eigenvalue weighted by atomic mass is 10.2.